The molecule has 0 atom stereocenters. The molecule has 13 aromatic rings. The Bertz CT molecular complexity index is 3980. The molecule has 6 heteroatoms. The van der Waals surface area contributed by atoms with Gasteiger partial charge < -0.3 is 13.6 Å². The summed E-state index contributed by atoms with van der Waals surface area (Å²) in [6, 6.07) is 60.6. The second-order valence-corrected chi connectivity index (χ2v) is 15.5. The third-order valence-corrected chi connectivity index (χ3v) is 12.6. The second kappa shape index (κ2) is 12.4. The standard InChI is InChI=1S/C55H29N5O/c1-57-52-46(32-15-4-2-5-16-32)40(31-56)54(60-41-24-12-10-20-35(41)38-27-28-45-49(53(38)60)39-22-11-13-26-44(39)61-45)47(33-17-6-3-7-18-33)55(52)59-42-25-14-23-36-34-19-8-9-21-37(34)51-50(48(36)42)43(59)29-30-58-51/h2-30H. The van der Waals surface area contributed by atoms with Gasteiger partial charge in [-0.25, -0.2) is 4.85 Å². The Morgan fingerprint density at radius 2 is 1.13 bits per heavy atom. The Labute approximate surface area is 348 Å². The van der Waals surface area contributed by atoms with Crippen molar-refractivity contribution < 1.29 is 4.42 Å². The highest BCUT2D eigenvalue weighted by Gasteiger charge is 2.33. The minimum absolute atomic E-state index is 0.393. The Balaban J connectivity index is 1.35. The number of furan rings is 1. The van der Waals surface area contributed by atoms with Crippen LogP contribution >= 0.6 is 0 Å². The third kappa shape index (κ3) is 4.35. The summed E-state index contributed by atoms with van der Waals surface area (Å²) in [5.74, 6) is 0. The minimum Gasteiger partial charge on any atom is -0.456 e. The lowest BCUT2D eigenvalue weighted by Crippen LogP contribution is -2.09. The van der Waals surface area contributed by atoms with Crippen molar-refractivity contribution in [2.75, 3.05) is 0 Å². The first kappa shape index (κ1) is 33.3. The van der Waals surface area contributed by atoms with Crippen molar-refractivity contribution in [1.82, 2.24) is 14.1 Å². The number of pyridine rings is 1. The number of rotatable bonds is 4. The van der Waals surface area contributed by atoms with E-state index in [-0.39, 0.29) is 0 Å². The van der Waals surface area contributed by atoms with Gasteiger partial charge in [-0.2, -0.15) is 5.26 Å². The maximum atomic E-state index is 11.8. The van der Waals surface area contributed by atoms with Gasteiger partial charge in [0.05, 0.1) is 56.5 Å². The molecule has 0 amide bonds. The molecule has 0 fully saturated rings. The van der Waals surface area contributed by atoms with Crippen molar-refractivity contribution in [1.29, 1.82) is 5.26 Å². The highest BCUT2D eigenvalue weighted by atomic mass is 16.3. The van der Waals surface area contributed by atoms with Crippen LogP contribution in [0.5, 0.6) is 0 Å². The third-order valence-electron chi connectivity index (χ3n) is 12.6. The number of benzene rings is 9. The van der Waals surface area contributed by atoms with E-state index in [9.17, 15) is 11.8 Å². The second-order valence-electron chi connectivity index (χ2n) is 15.5. The number of hydrogen-bond donors (Lipinski definition) is 0. The van der Waals surface area contributed by atoms with Crippen LogP contribution in [0.1, 0.15) is 5.56 Å². The van der Waals surface area contributed by atoms with E-state index in [0.717, 1.165) is 104 Å². The van der Waals surface area contributed by atoms with Gasteiger partial charge in [0.25, 0.3) is 0 Å². The summed E-state index contributed by atoms with van der Waals surface area (Å²) in [7, 11) is 0. The molecule has 0 saturated heterocycles. The zero-order chi connectivity index (χ0) is 40.3. The van der Waals surface area contributed by atoms with Gasteiger partial charge in [-0.3, -0.25) is 4.98 Å². The lowest BCUT2D eigenvalue weighted by atomic mass is 9.88. The first-order valence-electron chi connectivity index (χ1n) is 20.2. The van der Waals surface area contributed by atoms with E-state index < -0.39 is 0 Å². The van der Waals surface area contributed by atoms with Crippen molar-refractivity contribution in [3.63, 3.8) is 0 Å². The van der Waals surface area contributed by atoms with Crippen LogP contribution in [0.15, 0.2) is 180 Å². The predicted octanol–water partition coefficient (Wildman–Crippen LogP) is 14.7. The van der Waals surface area contributed by atoms with Gasteiger partial charge in [0, 0.05) is 49.6 Å². The molecule has 0 aliphatic heterocycles. The van der Waals surface area contributed by atoms with E-state index in [4.69, 9.17) is 9.40 Å². The topological polar surface area (TPSA) is 64.0 Å². The molecule has 4 heterocycles. The molecular weight excluding hydrogens is 747 g/mol. The van der Waals surface area contributed by atoms with E-state index in [1.807, 2.05) is 72.9 Å². The minimum atomic E-state index is 0.393. The van der Waals surface area contributed by atoms with Crippen LogP contribution < -0.4 is 0 Å². The maximum Gasteiger partial charge on any atom is 0.220 e. The molecule has 0 N–H and O–H groups in total. The van der Waals surface area contributed by atoms with Crippen LogP contribution in [-0.4, -0.2) is 14.1 Å². The predicted molar refractivity (Wildman–Crippen MR) is 248 cm³/mol. The number of aromatic nitrogens is 3. The molecule has 9 aromatic carbocycles. The quantitative estimate of drug-likeness (QED) is 0.132. The molecule has 6 nitrogen and oxygen atoms in total. The normalized spacial score (nSPS) is 11.9. The summed E-state index contributed by atoms with van der Waals surface area (Å²) in [6.07, 6.45) is 1.88. The Kier molecular flexibility index (Phi) is 6.76. The fourth-order valence-corrected chi connectivity index (χ4v) is 10.2. The first-order chi connectivity index (χ1) is 30.2. The molecule has 0 saturated carbocycles. The summed E-state index contributed by atoms with van der Waals surface area (Å²) in [6.45, 7) is 9.18. The van der Waals surface area contributed by atoms with E-state index >= 15 is 0 Å². The highest BCUT2D eigenvalue weighted by molar-refractivity contribution is 6.34. The molecular formula is C55H29N5O. The summed E-state index contributed by atoms with van der Waals surface area (Å²) in [5.41, 5.74) is 11.4. The lowest BCUT2D eigenvalue weighted by molar-refractivity contribution is 0.669. The summed E-state index contributed by atoms with van der Waals surface area (Å²) >= 11 is 0. The van der Waals surface area contributed by atoms with Crippen molar-refractivity contribution in [2.24, 2.45) is 0 Å². The van der Waals surface area contributed by atoms with Gasteiger partial charge in [0.1, 0.15) is 17.2 Å². The number of para-hydroxylation sites is 2. The Morgan fingerprint density at radius 1 is 0.492 bits per heavy atom. The van der Waals surface area contributed by atoms with E-state index in [1.165, 1.54) is 0 Å². The summed E-state index contributed by atoms with van der Waals surface area (Å²) in [5, 5.41) is 21.3. The first-order valence-corrected chi connectivity index (χ1v) is 20.2. The maximum absolute atomic E-state index is 11.8. The van der Waals surface area contributed by atoms with E-state index in [0.29, 0.717) is 28.2 Å². The molecule has 0 spiro atoms. The van der Waals surface area contributed by atoms with Gasteiger partial charge >= 0.3 is 0 Å². The Morgan fingerprint density at radius 3 is 1.90 bits per heavy atom. The molecule has 13 rings (SSSR count). The molecule has 0 aliphatic rings. The lowest BCUT2D eigenvalue weighted by Gasteiger charge is -2.25. The molecule has 0 unspecified atom stereocenters. The van der Waals surface area contributed by atoms with Crippen molar-refractivity contribution >= 4 is 92.9 Å². The average molecular weight is 776 g/mol. The number of nitriles is 1. The van der Waals surface area contributed by atoms with Crippen LogP contribution in [0.2, 0.25) is 0 Å². The zero-order valence-electron chi connectivity index (χ0n) is 32.4. The van der Waals surface area contributed by atoms with Gasteiger partial charge in [-0.15, -0.1) is 0 Å². The molecule has 0 radical (unpaired) electrons. The van der Waals surface area contributed by atoms with Crippen LogP contribution in [-0.2, 0) is 0 Å². The fourth-order valence-electron chi connectivity index (χ4n) is 10.2. The highest BCUT2D eigenvalue weighted by Crippen LogP contribution is 2.54. The van der Waals surface area contributed by atoms with E-state index in [1.54, 1.807) is 0 Å². The molecule has 4 aromatic heterocycles. The van der Waals surface area contributed by atoms with Crippen molar-refractivity contribution in [2.45, 2.75) is 0 Å². The van der Waals surface area contributed by atoms with Gasteiger partial charge in [0.15, 0.2) is 0 Å². The van der Waals surface area contributed by atoms with Crippen LogP contribution in [0, 0.1) is 17.9 Å². The SMILES string of the molecule is [C-]#[N+]c1c(-c2ccccc2)c(C#N)c(-n2c3ccccc3c3ccc4oc5ccccc5c4c32)c(-c2ccccc2)c1-n1c2cccc3c4ccccc4c4nccc1c4c32. The number of fused-ring (bicyclic) bond motifs is 10. The summed E-state index contributed by atoms with van der Waals surface area (Å²) < 4.78 is 11.1. The zero-order valence-corrected chi connectivity index (χ0v) is 32.4. The Hall–Kier alpha value is -8.71. The monoisotopic (exact) mass is 775 g/mol. The van der Waals surface area contributed by atoms with E-state index in [2.05, 4.69) is 123 Å². The smallest absolute Gasteiger partial charge is 0.220 e. The molecule has 0 bridgehead atoms. The molecule has 61 heavy (non-hydrogen) atoms. The van der Waals surface area contributed by atoms with Gasteiger partial charge in [-0.05, 0) is 58.3 Å². The van der Waals surface area contributed by atoms with Crippen LogP contribution in [0.25, 0.3) is 126 Å². The van der Waals surface area contributed by atoms with Crippen LogP contribution in [0.3, 0.4) is 0 Å². The summed E-state index contributed by atoms with van der Waals surface area (Å²) in [4.78, 5) is 9.51. The number of hydrogen-bond acceptors (Lipinski definition) is 3. The van der Waals surface area contributed by atoms with Gasteiger partial charge in [-0.1, -0.05) is 133 Å². The van der Waals surface area contributed by atoms with Crippen LogP contribution in [0.4, 0.5) is 5.69 Å². The van der Waals surface area contributed by atoms with Gasteiger partial charge in [0.2, 0.25) is 5.69 Å². The van der Waals surface area contributed by atoms with Crippen molar-refractivity contribution in [3.05, 3.63) is 193 Å². The van der Waals surface area contributed by atoms with Crippen molar-refractivity contribution in [3.8, 4) is 39.7 Å². The molecule has 280 valence electrons. The fraction of sp³-hybridized carbons (Fsp3) is 0. The molecule has 0 aliphatic carbocycles. The number of nitrogens with zero attached hydrogens (tertiary/aromatic N) is 5. The average Bonchev–Trinajstić information content (AvgIpc) is 3.99. The largest absolute Gasteiger partial charge is 0.456 e.